The van der Waals surface area contributed by atoms with E-state index in [9.17, 15) is 9.90 Å². The number of carbonyl (C=O) groups is 1. The molecule has 4 aromatic carbocycles. The summed E-state index contributed by atoms with van der Waals surface area (Å²) < 4.78 is 0. The number of nitrogens with one attached hydrogen (secondary N) is 1. The van der Waals surface area contributed by atoms with Gasteiger partial charge < -0.3 is 5.11 Å². The van der Waals surface area contributed by atoms with Gasteiger partial charge in [-0.3, -0.25) is 4.79 Å². The lowest BCUT2D eigenvalue weighted by atomic mass is 10.0. The van der Waals surface area contributed by atoms with E-state index in [4.69, 9.17) is 33.2 Å². The number of aliphatic hydroxyl groups excluding tert-OH is 1. The summed E-state index contributed by atoms with van der Waals surface area (Å²) in [4.78, 5) is 28.4. The number of para-hydroxylation sites is 2. The Kier molecular flexibility index (Phi) is 7.34. The largest absolute Gasteiger partial charge is 0.493 e. The average Bonchev–Trinajstić information content (AvgIpc) is 3.49. The van der Waals surface area contributed by atoms with E-state index in [-0.39, 0.29) is 11.8 Å². The number of pyridine rings is 2. The quantitative estimate of drug-likeness (QED) is 0.144. The minimum Gasteiger partial charge on any atom is -0.493 e. The fourth-order valence-corrected chi connectivity index (χ4v) is 5.44. The molecule has 3 heterocycles. The van der Waals surface area contributed by atoms with E-state index >= 15 is 0 Å². The van der Waals surface area contributed by atoms with Gasteiger partial charge in [-0.15, -0.1) is 4.79 Å². The van der Waals surface area contributed by atoms with E-state index in [1.807, 2.05) is 78.9 Å². The molecule has 0 saturated carbocycles. The van der Waals surface area contributed by atoms with Crippen molar-refractivity contribution in [3.05, 3.63) is 130 Å². The number of aromatic nitrogens is 6. The van der Waals surface area contributed by atoms with Gasteiger partial charge in [0.2, 0.25) is 5.90 Å². The molecule has 0 bridgehead atoms. The Bertz CT molecular complexity index is 2290. The summed E-state index contributed by atoms with van der Waals surface area (Å²) in [6, 6.07) is 32.5. The van der Waals surface area contributed by atoms with Gasteiger partial charge in [-0.1, -0.05) is 101 Å². The van der Waals surface area contributed by atoms with Crippen LogP contribution in [0.1, 0.15) is 15.9 Å². The number of hydrogen-bond acceptors (Lipinski definition) is 7. The van der Waals surface area contributed by atoms with Crippen molar-refractivity contribution in [3.63, 3.8) is 0 Å². The molecule has 0 aliphatic carbocycles. The molecule has 0 spiro atoms. The number of benzene rings is 4. The van der Waals surface area contributed by atoms with Crippen molar-refractivity contribution < 1.29 is 9.90 Å². The predicted molar refractivity (Wildman–Crippen MR) is 175 cm³/mol. The topological polar surface area (TPSA) is 131 Å². The monoisotopic (exact) mass is 630 g/mol. The molecule has 0 aliphatic heterocycles. The minimum atomic E-state index is -0.527. The number of fused-ring (bicyclic) bond motifs is 2. The van der Waals surface area contributed by atoms with Crippen LogP contribution < -0.4 is 5.43 Å². The number of aliphatic hydroxyl groups is 1. The summed E-state index contributed by atoms with van der Waals surface area (Å²) in [5.74, 6) is -1.08. The highest BCUT2D eigenvalue weighted by atomic mass is 35.5. The summed E-state index contributed by atoms with van der Waals surface area (Å²) in [7, 11) is 0. The van der Waals surface area contributed by atoms with Crippen LogP contribution in [0.3, 0.4) is 0 Å². The van der Waals surface area contributed by atoms with Gasteiger partial charge in [0.05, 0.1) is 28.0 Å². The number of tetrazole rings is 1. The molecule has 7 aromatic rings. The van der Waals surface area contributed by atoms with Crippen molar-refractivity contribution in [2.45, 2.75) is 0 Å². The maximum atomic E-state index is 13.7. The molecule has 1 amide bonds. The highest BCUT2D eigenvalue weighted by Gasteiger charge is 2.19. The van der Waals surface area contributed by atoms with E-state index in [0.717, 1.165) is 4.79 Å². The third kappa shape index (κ3) is 5.44. The zero-order chi connectivity index (χ0) is 30.9. The Morgan fingerprint density at radius 3 is 1.82 bits per heavy atom. The molecule has 218 valence electrons. The molecule has 0 fully saturated rings. The molecule has 3 aromatic heterocycles. The number of nitrogens with zero attached hydrogens (tertiary/aromatic N) is 7. The molecule has 45 heavy (non-hydrogen) atoms. The standard InChI is InChI=1S/C33H20Cl2N8O2/c34-25-13-5-1-11-21(25)29-17-23(19-9-3-7-15-27(19)36-29)31(44)38-33-39-41-42-43(33)40-32(45)24-18-30(22-12-2-6-14-26(22)35)37-28-16-8-4-10-20(24)28/h1-18H,(H,40,45)(H,38,39,42,44). The molecule has 7 rings (SSSR count). The number of amides is 1. The fraction of sp³-hybridized carbons (Fsp3) is 0. The van der Waals surface area contributed by atoms with Gasteiger partial charge in [0.25, 0.3) is 11.9 Å². The first-order valence-electron chi connectivity index (χ1n) is 13.6. The molecule has 0 atom stereocenters. The van der Waals surface area contributed by atoms with Crippen LogP contribution in [0.4, 0.5) is 5.95 Å². The molecule has 0 aliphatic rings. The third-order valence-corrected chi connectivity index (χ3v) is 7.74. The van der Waals surface area contributed by atoms with Crippen LogP contribution in [0.15, 0.2) is 114 Å². The van der Waals surface area contributed by atoms with Crippen molar-refractivity contribution in [1.29, 1.82) is 0 Å². The number of hydrogen-bond donors (Lipinski definition) is 2. The first-order valence-corrected chi connectivity index (χ1v) is 14.4. The van der Waals surface area contributed by atoms with Crippen LogP contribution in [0.25, 0.3) is 44.3 Å². The number of halogens is 2. The van der Waals surface area contributed by atoms with E-state index in [1.54, 1.807) is 30.3 Å². The summed E-state index contributed by atoms with van der Waals surface area (Å²) in [5.41, 5.74) is 7.02. The van der Waals surface area contributed by atoms with Crippen molar-refractivity contribution in [2.75, 3.05) is 5.43 Å². The van der Waals surface area contributed by atoms with Crippen LogP contribution >= 0.6 is 23.2 Å². The Labute approximate surface area is 265 Å². The summed E-state index contributed by atoms with van der Waals surface area (Å²) in [6.45, 7) is 0. The first kappa shape index (κ1) is 28.1. The second-order valence-corrected chi connectivity index (χ2v) is 10.7. The van der Waals surface area contributed by atoms with Gasteiger partial charge in [-0.25, -0.2) is 15.4 Å². The van der Waals surface area contributed by atoms with E-state index in [2.05, 4.69) is 25.9 Å². The molecule has 0 unspecified atom stereocenters. The second kappa shape index (κ2) is 11.8. The van der Waals surface area contributed by atoms with Crippen LogP contribution in [-0.4, -0.2) is 47.2 Å². The van der Waals surface area contributed by atoms with Crippen LogP contribution in [0, 0.1) is 0 Å². The summed E-state index contributed by atoms with van der Waals surface area (Å²) in [6.07, 6.45) is 0. The minimum absolute atomic E-state index is 0.161. The molecule has 10 nitrogen and oxygen atoms in total. The van der Waals surface area contributed by atoms with Gasteiger partial charge in [0, 0.05) is 37.5 Å². The SMILES string of the molecule is O=C(Nn1nnnc1N=C(O)c1cc(-c2ccccc2Cl)nc2ccccc12)c1cc(-c2ccccc2Cl)nc2ccccc12. The zero-order valence-electron chi connectivity index (χ0n) is 23.1. The predicted octanol–water partition coefficient (Wildman–Crippen LogP) is 7.43. The summed E-state index contributed by atoms with van der Waals surface area (Å²) in [5, 5.41) is 25.0. The molecule has 0 saturated heterocycles. The second-order valence-electron chi connectivity index (χ2n) is 9.87. The van der Waals surface area contributed by atoms with Crippen molar-refractivity contribution in [1.82, 2.24) is 30.3 Å². The maximum Gasteiger partial charge on any atom is 0.292 e. The van der Waals surface area contributed by atoms with Gasteiger partial charge in [0.15, 0.2) is 0 Å². The Balaban J connectivity index is 1.27. The highest BCUT2D eigenvalue weighted by Crippen LogP contribution is 2.31. The van der Waals surface area contributed by atoms with Crippen LogP contribution in [-0.2, 0) is 0 Å². The lowest BCUT2D eigenvalue weighted by Crippen LogP contribution is -2.24. The highest BCUT2D eigenvalue weighted by molar-refractivity contribution is 6.33. The van der Waals surface area contributed by atoms with Gasteiger partial charge in [-0.2, -0.15) is 4.99 Å². The molecular formula is C33H20Cl2N8O2. The van der Waals surface area contributed by atoms with Gasteiger partial charge in [-0.05, 0) is 46.8 Å². The van der Waals surface area contributed by atoms with Crippen LogP contribution in [0.5, 0.6) is 0 Å². The molecular weight excluding hydrogens is 611 g/mol. The normalized spacial score (nSPS) is 11.6. The maximum absolute atomic E-state index is 13.7. The van der Waals surface area contributed by atoms with Crippen molar-refractivity contribution >= 4 is 62.8 Å². The summed E-state index contributed by atoms with van der Waals surface area (Å²) >= 11 is 12.9. The Hall–Kier alpha value is -5.71. The molecule has 0 radical (unpaired) electrons. The number of rotatable bonds is 6. The van der Waals surface area contributed by atoms with Gasteiger partial charge in [0.1, 0.15) is 0 Å². The van der Waals surface area contributed by atoms with Crippen LogP contribution in [0.2, 0.25) is 10.0 Å². The van der Waals surface area contributed by atoms with E-state index in [1.165, 1.54) is 0 Å². The van der Waals surface area contributed by atoms with Crippen molar-refractivity contribution in [3.8, 4) is 22.5 Å². The third-order valence-electron chi connectivity index (χ3n) is 7.08. The smallest absolute Gasteiger partial charge is 0.292 e. The van der Waals surface area contributed by atoms with E-state index < -0.39 is 5.91 Å². The lowest BCUT2D eigenvalue weighted by Gasteiger charge is -2.11. The Morgan fingerprint density at radius 1 is 0.711 bits per heavy atom. The molecule has 12 heteroatoms. The number of aliphatic imine (C=N–C) groups is 1. The van der Waals surface area contributed by atoms with Gasteiger partial charge >= 0.3 is 0 Å². The van der Waals surface area contributed by atoms with E-state index in [0.29, 0.717) is 65.5 Å². The lowest BCUT2D eigenvalue weighted by molar-refractivity contribution is 0.101. The number of carbonyl (C=O) groups excluding carboxylic acids is 1. The zero-order valence-corrected chi connectivity index (χ0v) is 24.6. The molecule has 2 N–H and O–H groups in total. The first-order chi connectivity index (χ1) is 22.0. The fourth-order valence-electron chi connectivity index (χ4n) is 4.97. The Morgan fingerprint density at radius 2 is 1.22 bits per heavy atom. The average molecular weight is 631 g/mol. The van der Waals surface area contributed by atoms with Crippen molar-refractivity contribution in [2.24, 2.45) is 4.99 Å².